The number of carbonyl (C=O) groups excluding carboxylic acids is 2. The monoisotopic (exact) mass is 290 g/mol. The van der Waals surface area contributed by atoms with Gasteiger partial charge in [-0.2, -0.15) is 0 Å². The van der Waals surface area contributed by atoms with Gasteiger partial charge in [0.05, 0.1) is 17.2 Å². The second-order valence-corrected chi connectivity index (χ2v) is 5.22. The first-order valence-corrected chi connectivity index (χ1v) is 6.90. The number of ether oxygens (including phenoxy) is 1. The molecule has 0 fully saturated rings. The molecule has 1 aromatic carbocycles. The second-order valence-electron chi connectivity index (χ2n) is 4.16. The zero-order valence-corrected chi connectivity index (χ0v) is 12.0. The molecule has 0 aliphatic rings. The van der Waals surface area contributed by atoms with Crippen molar-refractivity contribution in [1.29, 1.82) is 0 Å². The molecule has 0 saturated heterocycles. The van der Waals surface area contributed by atoms with Gasteiger partial charge in [0.15, 0.2) is 0 Å². The van der Waals surface area contributed by atoms with Gasteiger partial charge in [-0.3, -0.25) is 9.59 Å². The summed E-state index contributed by atoms with van der Waals surface area (Å²) in [5, 5.41) is 5.65. The van der Waals surface area contributed by atoms with Gasteiger partial charge in [0.1, 0.15) is 5.75 Å². The van der Waals surface area contributed by atoms with E-state index in [-0.39, 0.29) is 5.91 Å². The lowest BCUT2D eigenvalue weighted by Crippen LogP contribution is -2.23. The topological polar surface area (TPSA) is 68.3 Å². The summed E-state index contributed by atoms with van der Waals surface area (Å²) >= 11 is 1.54. The molecule has 0 radical (unpaired) electrons. The average molecular weight is 290 g/mol. The summed E-state index contributed by atoms with van der Waals surface area (Å²) in [7, 11) is 0. The molecule has 2 rings (SSSR count). The van der Waals surface area contributed by atoms with Crippen LogP contribution < -0.4 is 10.1 Å². The maximum absolute atomic E-state index is 12.0. The van der Waals surface area contributed by atoms with Gasteiger partial charge in [0, 0.05) is 17.9 Å². The van der Waals surface area contributed by atoms with Crippen LogP contribution in [0.4, 0.5) is 0 Å². The first kappa shape index (κ1) is 14.2. The van der Waals surface area contributed by atoms with E-state index in [2.05, 4.69) is 10.3 Å². The SMILES string of the molecule is CC(=O)Oc1cccc(C(=O)NCc2csc(C)n2)c1. The van der Waals surface area contributed by atoms with E-state index in [1.807, 2.05) is 12.3 Å². The largest absolute Gasteiger partial charge is 0.427 e. The lowest BCUT2D eigenvalue weighted by atomic mass is 10.2. The van der Waals surface area contributed by atoms with Gasteiger partial charge in [-0.15, -0.1) is 11.3 Å². The summed E-state index contributed by atoms with van der Waals surface area (Å²) in [5.74, 6) is -0.292. The van der Waals surface area contributed by atoms with Crippen LogP contribution in [0.3, 0.4) is 0 Å². The fourth-order valence-electron chi connectivity index (χ4n) is 1.63. The number of nitrogens with one attached hydrogen (secondary N) is 1. The van der Waals surface area contributed by atoms with Crippen LogP contribution in [0.25, 0.3) is 0 Å². The van der Waals surface area contributed by atoms with Crippen molar-refractivity contribution in [3.63, 3.8) is 0 Å². The van der Waals surface area contributed by atoms with Crippen LogP contribution in [0.5, 0.6) is 5.75 Å². The highest BCUT2D eigenvalue weighted by molar-refractivity contribution is 7.09. The molecule has 6 heteroatoms. The number of nitrogens with zero attached hydrogens (tertiary/aromatic N) is 1. The molecular weight excluding hydrogens is 276 g/mol. The van der Waals surface area contributed by atoms with Crippen molar-refractivity contribution < 1.29 is 14.3 Å². The number of hydrogen-bond donors (Lipinski definition) is 1. The lowest BCUT2D eigenvalue weighted by Gasteiger charge is -2.05. The standard InChI is InChI=1S/C14H14N2O3S/c1-9-16-12(8-20-9)7-15-14(18)11-4-3-5-13(6-11)19-10(2)17/h3-6,8H,7H2,1-2H3,(H,15,18). The second kappa shape index (κ2) is 6.29. The minimum atomic E-state index is -0.416. The number of carbonyl (C=O) groups is 2. The first-order chi connectivity index (χ1) is 9.54. The number of aromatic nitrogens is 1. The van der Waals surface area contributed by atoms with Gasteiger partial charge < -0.3 is 10.1 Å². The molecule has 104 valence electrons. The number of thiazole rings is 1. The Kier molecular flexibility index (Phi) is 4.47. The minimum absolute atomic E-state index is 0.232. The van der Waals surface area contributed by atoms with Gasteiger partial charge in [0.2, 0.25) is 0 Å². The van der Waals surface area contributed by atoms with Crippen molar-refractivity contribution in [2.75, 3.05) is 0 Å². The van der Waals surface area contributed by atoms with E-state index in [1.54, 1.807) is 29.5 Å². The molecule has 0 aliphatic carbocycles. The Hall–Kier alpha value is -2.21. The summed E-state index contributed by atoms with van der Waals surface area (Å²) in [6, 6.07) is 6.49. The van der Waals surface area contributed by atoms with E-state index in [9.17, 15) is 9.59 Å². The Bertz CT molecular complexity index is 637. The molecule has 1 amide bonds. The van der Waals surface area contributed by atoms with Gasteiger partial charge in [-0.05, 0) is 25.1 Å². The molecule has 0 saturated carbocycles. The van der Waals surface area contributed by atoms with Gasteiger partial charge in [-0.25, -0.2) is 4.98 Å². The quantitative estimate of drug-likeness (QED) is 0.693. The van der Waals surface area contributed by atoms with Crippen LogP contribution in [0.2, 0.25) is 0 Å². The van der Waals surface area contributed by atoms with Crippen LogP contribution in [0, 0.1) is 6.92 Å². The van der Waals surface area contributed by atoms with Gasteiger partial charge in [0.25, 0.3) is 5.91 Å². The van der Waals surface area contributed by atoms with Gasteiger partial charge in [-0.1, -0.05) is 6.07 Å². The third kappa shape index (κ3) is 3.89. The molecule has 0 spiro atoms. The summed E-state index contributed by atoms with van der Waals surface area (Å²) in [6.07, 6.45) is 0. The van der Waals surface area contributed by atoms with Gasteiger partial charge >= 0.3 is 5.97 Å². The Morgan fingerprint density at radius 2 is 2.20 bits per heavy atom. The smallest absolute Gasteiger partial charge is 0.308 e. The molecule has 2 aromatic rings. The minimum Gasteiger partial charge on any atom is -0.427 e. The number of amides is 1. The number of esters is 1. The fourth-order valence-corrected chi connectivity index (χ4v) is 2.24. The summed E-state index contributed by atoms with van der Waals surface area (Å²) in [4.78, 5) is 27.1. The van der Waals surface area contributed by atoms with Crippen molar-refractivity contribution in [3.8, 4) is 5.75 Å². The Balaban J connectivity index is 1.99. The molecular formula is C14H14N2O3S. The number of hydrogen-bond acceptors (Lipinski definition) is 5. The average Bonchev–Trinajstić information content (AvgIpc) is 2.81. The predicted octanol–water partition coefficient (Wildman–Crippen LogP) is 2.31. The Morgan fingerprint density at radius 3 is 2.85 bits per heavy atom. The summed E-state index contributed by atoms with van der Waals surface area (Å²) < 4.78 is 4.94. The van der Waals surface area contributed by atoms with E-state index in [0.717, 1.165) is 10.7 Å². The van der Waals surface area contributed by atoms with E-state index in [4.69, 9.17) is 4.74 Å². The van der Waals surface area contributed by atoms with Crippen molar-refractivity contribution in [1.82, 2.24) is 10.3 Å². The van der Waals surface area contributed by atoms with Crippen LogP contribution in [-0.4, -0.2) is 16.9 Å². The zero-order valence-electron chi connectivity index (χ0n) is 11.2. The highest BCUT2D eigenvalue weighted by atomic mass is 32.1. The fraction of sp³-hybridized carbons (Fsp3) is 0.214. The number of rotatable bonds is 4. The van der Waals surface area contributed by atoms with E-state index < -0.39 is 5.97 Å². The number of aryl methyl sites for hydroxylation is 1. The first-order valence-electron chi connectivity index (χ1n) is 6.02. The zero-order chi connectivity index (χ0) is 14.5. The summed E-state index contributed by atoms with van der Waals surface area (Å²) in [6.45, 7) is 3.61. The molecule has 5 nitrogen and oxygen atoms in total. The third-order valence-corrected chi connectivity index (χ3v) is 3.28. The molecule has 0 atom stereocenters. The van der Waals surface area contributed by atoms with Crippen molar-refractivity contribution in [3.05, 3.63) is 45.9 Å². The maximum Gasteiger partial charge on any atom is 0.308 e. The third-order valence-electron chi connectivity index (χ3n) is 2.45. The molecule has 0 bridgehead atoms. The molecule has 1 aromatic heterocycles. The highest BCUT2D eigenvalue weighted by Gasteiger charge is 2.08. The maximum atomic E-state index is 12.0. The lowest BCUT2D eigenvalue weighted by molar-refractivity contribution is -0.131. The molecule has 0 aliphatic heterocycles. The molecule has 1 N–H and O–H groups in total. The van der Waals surface area contributed by atoms with Crippen LogP contribution in [-0.2, 0) is 11.3 Å². The van der Waals surface area contributed by atoms with Crippen molar-refractivity contribution in [2.45, 2.75) is 20.4 Å². The number of benzene rings is 1. The predicted molar refractivity (Wildman–Crippen MR) is 75.8 cm³/mol. The molecule has 1 heterocycles. The van der Waals surface area contributed by atoms with Crippen LogP contribution in [0.1, 0.15) is 28.0 Å². The normalized spacial score (nSPS) is 10.1. The van der Waals surface area contributed by atoms with Crippen LogP contribution >= 0.6 is 11.3 Å². The Morgan fingerprint density at radius 1 is 1.40 bits per heavy atom. The van der Waals surface area contributed by atoms with E-state index >= 15 is 0 Å². The molecule has 0 unspecified atom stereocenters. The van der Waals surface area contributed by atoms with Crippen LogP contribution in [0.15, 0.2) is 29.6 Å². The van der Waals surface area contributed by atoms with Crippen molar-refractivity contribution in [2.24, 2.45) is 0 Å². The van der Waals surface area contributed by atoms with Crippen molar-refractivity contribution >= 4 is 23.2 Å². The molecule has 20 heavy (non-hydrogen) atoms. The van der Waals surface area contributed by atoms with E-state index in [0.29, 0.717) is 17.9 Å². The summed E-state index contributed by atoms with van der Waals surface area (Å²) in [5.41, 5.74) is 1.27. The van der Waals surface area contributed by atoms with E-state index in [1.165, 1.54) is 13.0 Å². The Labute approximate surface area is 120 Å². The highest BCUT2D eigenvalue weighted by Crippen LogP contribution is 2.14.